The van der Waals surface area contributed by atoms with Crippen LogP contribution in [0.5, 0.6) is 0 Å². The number of carboxylic acids is 1. The van der Waals surface area contributed by atoms with E-state index in [1.807, 2.05) is 0 Å². The molecule has 3 amide bonds. The van der Waals surface area contributed by atoms with E-state index in [9.17, 15) is 137 Å². The van der Waals surface area contributed by atoms with Gasteiger partial charge in [0.05, 0.1) is 64.0 Å². The van der Waals surface area contributed by atoms with Gasteiger partial charge in [0.1, 0.15) is 177 Å². The van der Waals surface area contributed by atoms with Crippen LogP contribution in [0.2, 0.25) is 0 Å². The number of nitrogens with one attached hydrogen (secondary N) is 3. The Morgan fingerprint density at radius 2 is 0.814 bits per heavy atom. The van der Waals surface area contributed by atoms with Crippen LogP contribution < -0.4 is 16.0 Å². The topological polar surface area (TPSA) is 708 Å². The lowest BCUT2D eigenvalue weighted by Gasteiger charge is -2.52. The van der Waals surface area contributed by atoms with Gasteiger partial charge in [0, 0.05) is 27.2 Å². The van der Waals surface area contributed by atoms with Crippen LogP contribution in [0.15, 0.2) is 0 Å². The molecular formula is C57H95N3O42. The van der Waals surface area contributed by atoms with E-state index in [0.717, 1.165) is 20.8 Å². The summed E-state index contributed by atoms with van der Waals surface area (Å²) in [6.45, 7) is -1.28. The van der Waals surface area contributed by atoms with Crippen LogP contribution in [-0.2, 0) is 90.2 Å². The molecular weight excluding hydrogens is 1400 g/mol. The van der Waals surface area contributed by atoms with Gasteiger partial charge in [-0.3, -0.25) is 14.4 Å². The second kappa shape index (κ2) is 35.6. The van der Waals surface area contributed by atoms with Gasteiger partial charge in [0.2, 0.25) is 17.7 Å². The molecule has 0 unspecified atom stereocenters. The molecule has 8 fully saturated rings. The number of ether oxygens (including phenoxy) is 15. The second-order valence-electron chi connectivity index (χ2n) is 26.0. The zero-order valence-corrected chi connectivity index (χ0v) is 55.1. The first-order valence-corrected chi connectivity index (χ1v) is 32.5. The minimum atomic E-state index is -3.30. The predicted octanol–water partition coefficient (Wildman–Crippen LogP) is -16.8. The first kappa shape index (κ1) is 84.0. The van der Waals surface area contributed by atoms with Crippen LogP contribution in [0.3, 0.4) is 0 Å². The fraction of sp³-hybridized carbons (Fsp3) is 0.930. The largest absolute Gasteiger partial charge is 0.477 e. The third-order valence-corrected chi connectivity index (χ3v) is 18.7. The van der Waals surface area contributed by atoms with E-state index in [4.69, 9.17) is 71.1 Å². The molecule has 45 heteroatoms. The Bertz CT molecular complexity index is 2710. The zero-order chi connectivity index (χ0) is 75.6. The molecule has 8 aliphatic rings. The van der Waals surface area contributed by atoms with Gasteiger partial charge in [-0.05, 0) is 13.8 Å². The molecule has 0 spiro atoms. The van der Waals surface area contributed by atoms with E-state index in [-0.39, 0.29) is 0 Å². The summed E-state index contributed by atoms with van der Waals surface area (Å²) in [5.41, 5.74) is 0. The lowest BCUT2D eigenvalue weighted by molar-refractivity contribution is -0.398. The third kappa shape index (κ3) is 18.1. The van der Waals surface area contributed by atoms with Crippen molar-refractivity contribution in [1.82, 2.24) is 16.0 Å². The molecule has 0 aromatic carbocycles. The van der Waals surface area contributed by atoms with Crippen molar-refractivity contribution in [2.45, 2.75) is 292 Å². The number of aliphatic carboxylic acids is 1. The number of carboxylic acid groups (broad SMARTS) is 1. The van der Waals surface area contributed by atoms with Crippen molar-refractivity contribution in [1.29, 1.82) is 0 Å². The molecule has 0 aromatic rings. The van der Waals surface area contributed by atoms with Crippen molar-refractivity contribution in [3.8, 4) is 0 Å². The van der Waals surface area contributed by atoms with Gasteiger partial charge in [0.25, 0.3) is 5.79 Å². The molecule has 8 rings (SSSR count). The first-order chi connectivity index (χ1) is 48.0. The summed E-state index contributed by atoms with van der Waals surface area (Å²) in [6.07, 6.45) is -76.6. The Morgan fingerprint density at radius 3 is 1.27 bits per heavy atom. The highest BCUT2D eigenvalue weighted by atomic mass is 16.8. The van der Waals surface area contributed by atoms with Crippen LogP contribution in [0.1, 0.15) is 41.0 Å². The summed E-state index contributed by atoms with van der Waals surface area (Å²) in [5.74, 6) is -8.19. The zero-order valence-electron chi connectivity index (χ0n) is 55.1. The molecule has 0 radical (unpaired) electrons. The fourth-order valence-corrected chi connectivity index (χ4v) is 13.2. The highest BCUT2D eigenvalue weighted by Crippen LogP contribution is 2.42. The lowest BCUT2D eigenvalue weighted by Crippen LogP contribution is -2.72. The minimum absolute atomic E-state index is 0.865. The molecule has 8 heterocycles. The van der Waals surface area contributed by atoms with E-state index in [1.54, 1.807) is 0 Å². The summed E-state index contributed by atoms with van der Waals surface area (Å²) >= 11 is 0. The fourth-order valence-electron chi connectivity index (χ4n) is 13.2. The molecule has 102 heavy (non-hydrogen) atoms. The van der Waals surface area contributed by atoms with Gasteiger partial charge in [-0.2, -0.15) is 0 Å². The monoisotopic (exact) mass is 1490 g/mol. The molecule has 0 saturated carbocycles. The maximum atomic E-state index is 13.3. The molecule has 45 nitrogen and oxygen atoms in total. The van der Waals surface area contributed by atoms with Gasteiger partial charge >= 0.3 is 5.97 Å². The van der Waals surface area contributed by atoms with Crippen molar-refractivity contribution < 1.29 is 208 Å². The molecule has 0 bridgehead atoms. The predicted molar refractivity (Wildman–Crippen MR) is 314 cm³/mol. The normalized spacial score (nSPS) is 48.7. The minimum Gasteiger partial charge on any atom is -0.477 e. The van der Waals surface area contributed by atoms with E-state index < -0.39 is 321 Å². The van der Waals surface area contributed by atoms with Gasteiger partial charge in [0.15, 0.2) is 44.0 Å². The maximum absolute atomic E-state index is 13.3. The molecule has 8 saturated heterocycles. The van der Waals surface area contributed by atoms with Crippen molar-refractivity contribution in [3.05, 3.63) is 0 Å². The molecule has 8 aliphatic heterocycles. The van der Waals surface area contributed by atoms with Crippen molar-refractivity contribution >= 4 is 23.7 Å². The van der Waals surface area contributed by atoms with Gasteiger partial charge in [-0.25, -0.2) is 4.79 Å². The summed E-state index contributed by atoms with van der Waals surface area (Å²) in [5, 5.41) is 259. The number of carbonyl (C=O) groups excluding carboxylic acids is 3. The lowest BCUT2D eigenvalue weighted by atomic mass is 9.88. The average molecular weight is 1490 g/mol. The van der Waals surface area contributed by atoms with Gasteiger partial charge in [-0.15, -0.1) is 0 Å². The first-order valence-electron chi connectivity index (χ1n) is 32.5. The Hall–Kier alpha value is -3.60. The number of amides is 3. The van der Waals surface area contributed by atoms with Crippen LogP contribution in [0.25, 0.3) is 0 Å². The standard InChI is InChI=1S/C57H95N3O42/c1-13-28(71)34(77)38(81)52(89-13)98-45-26(59-16(4)67)50(94-22(10-64)42(45)96-54-40(83)36(79)31(74)20(8-62)92-54)88-12-24-32(75)37(80)48(49(85)91-24)100-51-27(60-17(5)68)46(99-53-39(82)35(78)29(72)14(2)90-53)43(23(11-65)95-51)97-55-41(84)47(33(76)21(9-63)93-55)102-57(56(86)87)6-18(69)25(58-15(3)66)44(101-57)30(73)19(70)7-61/h13-14,18-55,61-65,69-85H,6-12H2,1-5H3,(H,58,66)(H,59,67)(H,60,68)(H,86,87)/t13-,14-,18-,19+,20+,21+,22+,23+,24+,25+,26+,27+,28+,29+,30+,31-,32+,33-,34+,35+,36-,37-,38-,39-,40+,41+,42+,43+,44+,45+,46+,47-,48-,49-,50+,51-,52-,53-,54-,55-,57-/m0/s1. The van der Waals surface area contributed by atoms with Gasteiger partial charge in [-0.1, -0.05) is 0 Å². The summed E-state index contributed by atoms with van der Waals surface area (Å²) in [7, 11) is 0. The maximum Gasteiger partial charge on any atom is 0.364 e. The van der Waals surface area contributed by atoms with Crippen molar-refractivity contribution in [3.63, 3.8) is 0 Å². The molecule has 0 aliphatic carbocycles. The Kier molecular flexibility index (Phi) is 29.3. The number of hydrogen-bond acceptors (Lipinski definition) is 41. The number of aliphatic hydroxyl groups is 22. The SMILES string of the molecule is CC(=O)N[C@H]1[C@H](OC[C@H]2O[C@H](O)[C@@H](O[C@@H]3O[C@H](CO)[C@@H](O[C@@H]4O[C@H](CO)[C@H](O)[C@H](O[C@]5(C(=O)O)C[C@H](O)[C@@H](NC(C)=O)[C@H]([C@H](O)[C@H](O)CO)O5)[C@H]4O)[C@H](O[C@@H]4O[C@@H](C)[C@@H](O)[C@@H](O)[C@@H]4O)[C@H]3NC(C)=O)[C@@H](O)[C@@H]2O)O[C@H](CO)[C@@H](O[C@@H]2O[C@H](CO)[C@H](O)[C@H](O)[C@H]2O)[C@@H]1O[C@@H]1O[C@@H](C)[C@@H](O)[C@@H](O)[C@@H]1O. The van der Waals surface area contributed by atoms with Crippen LogP contribution in [0, 0.1) is 0 Å². The van der Waals surface area contributed by atoms with Crippen molar-refractivity contribution in [2.75, 3.05) is 39.6 Å². The third-order valence-electron chi connectivity index (χ3n) is 18.7. The number of aliphatic hydroxyl groups excluding tert-OH is 22. The summed E-state index contributed by atoms with van der Waals surface area (Å²) in [4.78, 5) is 51.8. The Labute approximate surface area is 577 Å². The van der Waals surface area contributed by atoms with E-state index in [2.05, 4.69) is 16.0 Å². The molecule has 0 aromatic heterocycles. The molecule has 26 N–H and O–H groups in total. The average Bonchev–Trinajstić information content (AvgIpc) is 0.759. The van der Waals surface area contributed by atoms with Crippen LogP contribution >= 0.6 is 0 Å². The summed E-state index contributed by atoms with van der Waals surface area (Å²) < 4.78 is 88.6. The number of carbonyl (C=O) groups is 4. The van der Waals surface area contributed by atoms with Gasteiger partial charge < -0.3 is 204 Å². The Morgan fingerprint density at radius 1 is 0.422 bits per heavy atom. The number of rotatable bonds is 26. The van der Waals surface area contributed by atoms with E-state index >= 15 is 0 Å². The Balaban J connectivity index is 1.07. The van der Waals surface area contributed by atoms with Crippen LogP contribution in [0.4, 0.5) is 0 Å². The molecule has 41 atom stereocenters. The summed E-state index contributed by atoms with van der Waals surface area (Å²) in [6, 6.07) is -5.52. The van der Waals surface area contributed by atoms with E-state index in [1.165, 1.54) is 13.8 Å². The quantitative estimate of drug-likeness (QED) is 0.0382. The number of hydrogen-bond donors (Lipinski definition) is 26. The smallest absolute Gasteiger partial charge is 0.364 e. The highest BCUT2D eigenvalue weighted by molar-refractivity contribution is 5.77. The van der Waals surface area contributed by atoms with E-state index in [0.29, 0.717) is 0 Å². The highest BCUT2D eigenvalue weighted by Gasteiger charge is 2.63. The van der Waals surface area contributed by atoms with Crippen LogP contribution in [-0.4, -0.2) is 432 Å². The second-order valence-corrected chi connectivity index (χ2v) is 26.0. The van der Waals surface area contributed by atoms with Crippen molar-refractivity contribution in [2.24, 2.45) is 0 Å². The molecule has 590 valence electrons.